The van der Waals surface area contributed by atoms with Crippen LogP contribution in [0, 0.1) is 11.7 Å². The van der Waals surface area contributed by atoms with Crippen LogP contribution in [0.4, 0.5) is 4.39 Å². The van der Waals surface area contributed by atoms with E-state index in [2.05, 4.69) is 5.32 Å². The van der Waals surface area contributed by atoms with Crippen molar-refractivity contribution in [2.24, 2.45) is 5.92 Å². The maximum absolute atomic E-state index is 13.5. The van der Waals surface area contributed by atoms with Crippen LogP contribution in [-0.4, -0.2) is 51.9 Å². The van der Waals surface area contributed by atoms with Crippen LogP contribution in [0.3, 0.4) is 0 Å². The highest BCUT2D eigenvalue weighted by atomic mass is 19.1. The molecule has 0 unspecified atom stereocenters. The number of aromatic nitrogens is 2. The molecule has 1 aromatic heterocycles. The van der Waals surface area contributed by atoms with Crippen molar-refractivity contribution in [3.63, 3.8) is 0 Å². The second-order valence-electron chi connectivity index (χ2n) is 7.21. The first-order valence-corrected chi connectivity index (χ1v) is 10.0. The Morgan fingerprint density at radius 3 is 2.63 bits per heavy atom. The number of nitrogens with one attached hydrogen (secondary N) is 2. The average Bonchev–Trinajstić information content (AvgIpc) is 3.11. The molecule has 30 heavy (non-hydrogen) atoms. The molecule has 0 aromatic carbocycles. The van der Waals surface area contributed by atoms with Gasteiger partial charge in [0.1, 0.15) is 25.0 Å². The molecule has 1 saturated heterocycles. The number of aliphatic hydroxyl groups excluding tert-OH is 1. The number of aromatic amines is 1. The van der Waals surface area contributed by atoms with Gasteiger partial charge in [-0.1, -0.05) is 26.7 Å². The summed E-state index contributed by atoms with van der Waals surface area (Å²) >= 11 is 0. The smallest absolute Gasteiger partial charge is 0.330 e. The molecule has 3 N–H and O–H groups in total. The zero-order chi connectivity index (χ0) is 22.3. The minimum atomic E-state index is -1.17. The van der Waals surface area contributed by atoms with Gasteiger partial charge in [0.25, 0.3) is 5.56 Å². The number of carbonyl (C=O) groups excluding carboxylic acids is 2. The number of carbonyl (C=O) groups is 2. The SMILES string of the molecule is CCCC(CCC)C(=O)NCC(=O)O[C@H]1C[C@H](n2cc(F)c(=O)[nH]c2=O)O[C@@H]1CO. The van der Waals surface area contributed by atoms with Crippen molar-refractivity contribution in [3.8, 4) is 0 Å². The van der Waals surface area contributed by atoms with Gasteiger partial charge in [-0.2, -0.15) is 4.39 Å². The molecule has 0 saturated carbocycles. The molecule has 1 aromatic rings. The first kappa shape index (κ1) is 23.7. The molecule has 2 rings (SSSR count). The quantitative estimate of drug-likeness (QED) is 0.451. The Bertz CT molecular complexity index is 847. The highest BCUT2D eigenvalue weighted by Crippen LogP contribution is 2.29. The maximum atomic E-state index is 13.5. The number of hydrogen-bond donors (Lipinski definition) is 3. The van der Waals surface area contributed by atoms with Crippen LogP contribution in [0.25, 0.3) is 0 Å². The number of hydrogen-bond acceptors (Lipinski definition) is 7. The molecular formula is C19H28FN3O7. The van der Waals surface area contributed by atoms with Crippen molar-refractivity contribution in [3.05, 3.63) is 32.9 Å². The Hall–Kier alpha value is -2.53. The van der Waals surface area contributed by atoms with E-state index in [1.807, 2.05) is 18.8 Å². The molecular weight excluding hydrogens is 401 g/mol. The minimum absolute atomic E-state index is 0.0371. The number of ether oxygens (including phenoxy) is 2. The van der Waals surface area contributed by atoms with Gasteiger partial charge >= 0.3 is 11.7 Å². The van der Waals surface area contributed by atoms with E-state index in [-0.39, 0.29) is 24.8 Å². The second-order valence-corrected chi connectivity index (χ2v) is 7.21. The molecule has 1 amide bonds. The summed E-state index contributed by atoms with van der Waals surface area (Å²) < 4.78 is 25.1. The molecule has 1 aliphatic heterocycles. The van der Waals surface area contributed by atoms with E-state index in [0.717, 1.165) is 30.3 Å². The van der Waals surface area contributed by atoms with Gasteiger partial charge in [-0.05, 0) is 12.8 Å². The van der Waals surface area contributed by atoms with E-state index in [1.54, 1.807) is 0 Å². The van der Waals surface area contributed by atoms with E-state index < -0.39 is 48.1 Å². The molecule has 10 nitrogen and oxygen atoms in total. The number of nitrogens with zero attached hydrogens (tertiary/aromatic N) is 1. The van der Waals surface area contributed by atoms with Crippen LogP contribution in [0.15, 0.2) is 15.8 Å². The highest BCUT2D eigenvalue weighted by Gasteiger charge is 2.39. The van der Waals surface area contributed by atoms with Gasteiger partial charge in [0.15, 0.2) is 0 Å². The molecule has 0 aliphatic carbocycles. The van der Waals surface area contributed by atoms with Crippen LogP contribution >= 0.6 is 0 Å². The van der Waals surface area contributed by atoms with Gasteiger partial charge in [0.2, 0.25) is 11.7 Å². The number of rotatable bonds is 10. The van der Waals surface area contributed by atoms with E-state index in [9.17, 15) is 28.7 Å². The summed E-state index contributed by atoms with van der Waals surface area (Å²) in [7, 11) is 0. The first-order chi connectivity index (χ1) is 14.3. The van der Waals surface area contributed by atoms with Gasteiger partial charge < -0.3 is 19.9 Å². The summed E-state index contributed by atoms with van der Waals surface area (Å²) in [4.78, 5) is 49.3. The summed E-state index contributed by atoms with van der Waals surface area (Å²) in [6.07, 6.45) is 0.938. The molecule has 0 radical (unpaired) electrons. The molecule has 0 bridgehead atoms. The fourth-order valence-corrected chi connectivity index (χ4v) is 3.45. The second kappa shape index (κ2) is 11.0. The molecule has 2 heterocycles. The van der Waals surface area contributed by atoms with Crippen LogP contribution < -0.4 is 16.6 Å². The van der Waals surface area contributed by atoms with Gasteiger partial charge in [0, 0.05) is 12.3 Å². The third-order valence-electron chi connectivity index (χ3n) is 4.93. The number of aliphatic hydroxyl groups is 1. The molecule has 1 aliphatic rings. The fourth-order valence-electron chi connectivity index (χ4n) is 3.45. The van der Waals surface area contributed by atoms with E-state index >= 15 is 0 Å². The normalized spacial score (nSPS) is 21.0. The molecule has 11 heteroatoms. The lowest BCUT2D eigenvalue weighted by molar-refractivity contribution is -0.153. The summed E-state index contributed by atoms with van der Waals surface area (Å²) in [5.41, 5.74) is -2.05. The largest absolute Gasteiger partial charge is 0.458 e. The summed E-state index contributed by atoms with van der Waals surface area (Å²) in [6.45, 7) is 3.12. The lowest BCUT2D eigenvalue weighted by atomic mass is 9.97. The van der Waals surface area contributed by atoms with Gasteiger partial charge in [-0.25, -0.2) is 4.79 Å². The summed E-state index contributed by atoms with van der Waals surface area (Å²) in [6, 6.07) is 0. The van der Waals surface area contributed by atoms with Crippen LogP contribution in [-0.2, 0) is 19.1 Å². The lowest BCUT2D eigenvalue weighted by Gasteiger charge is -2.18. The lowest BCUT2D eigenvalue weighted by Crippen LogP contribution is -2.38. The third kappa shape index (κ3) is 5.99. The predicted molar refractivity (Wildman–Crippen MR) is 103 cm³/mol. The van der Waals surface area contributed by atoms with Crippen LogP contribution in [0.5, 0.6) is 0 Å². The molecule has 1 fully saturated rings. The van der Waals surface area contributed by atoms with E-state index in [0.29, 0.717) is 6.20 Å². The monoisotopic (exact) mass is 429 g/mol. The molecule has 0 spiro atoms. The van der Waals surface area contributed by atoms with E-state index in [1.165, 1.54) is 0 Å². The van der Waals surface area contributed by atoms with Crippen molar-refractivity contribution in [2.45, 2.75) is 64.4 Å². The number of halogens is 1. The van der Waals surface area contributed by atoms with Crippen molar-refractivity contribution in [2.75, 3.05) is 13.2 Å². The first-order valence-electron chi connectivity index (χ1n) is 10.0. The van der Waals surface area contributed by atoms with Crippen molar-refractivity contribution >= 4 is 11.9 Å². The Morgan fingerprint density at radius 1 is 1.37 bits per heavy atom. The third-order valence-corrected chi connectivity index (χ3v) is 4.93. The number of amides is 1. The zero-order valence-corrected chi connectivity index (χ0v) is 17.1. The average molecular weight is 429 g/mol. The van der Waals surface area contributed by atoms with Crippen LogP contribution in [0.1, 0.15) is 52.2 Å². The Morgan fingerprint density at radius 2 is 2.03 bits per heavy atom. The zero-order valence-electron chi connectivity index (χ0n) is 17.1. The maximum Gasteiger partial charge on any atom is 0.330 e. The predicted octanol–water partition coefficient (Wildman–Crippen LogP) is 0.200. The summed E-state index contributed by atoms with van der Waals surface area (Å²) in [5.74, 6) is -2.28. The van der Waals surface area contributed by atoms with E-state index in [4.69, 9.17) is 9.47 Å². The van der Waals surface area contributed by atoms with Gasteiger partial charge in [-0.15, -0.1) is 0 Å². The highest BCUT2D eigenvalue weighted by molar-refractivity contribution is 5.83. The Balaban J connectivity index is 1.96. The number of esters is 1. The molecule has 3 atom stereocenters. The van der Waals surface area contributed by atoms with Crippen LogP contribution in [0.2, 0.25) is 0 Å². The van der Waals surface area contributed by atoms with Crippen molar-refractivity contribution < 1.29 is 28.6 Å². The fraction of sp³-hybridized carbons (Fsp3) is 0.684. The van der Waals surface area contributed by atoms with Crippen molar-refractivity contribution in [1.29, 1.82) is 0 Å². The Labute approximate surface area is 172 Å². The molecule has 168 valence electrons. The Kier molecular flexibility index (Phi) is 8.72. The van der Waals surface area contributed by atoms with Crippen molar-refractivity contribution in [1.82, 2.24) is 14.9 Å². The van der Waals surface area contributed by atoms with Gasteiger partial charge in [-0.3, -0.25) is 23.9 Å². The summed E-state index contributed by atoms with van der Waals surface area (Å²) in [5, 5.41) is 12.0. The topological polar surface area (TPSA) is 140 Å². The standard InChI is InChI=1S/C19H28FN3O7/c1-3-5-11(6-4-2)17(26)21-8-16(25)30-13-7-15(29-14(13)10-24)23-9-12(20)18(27)22-19(23)28/h9,11,13-15,24H,3-8,10H2,1-2H3,(H,21,26)(H,22,27,28)/t13-,14+,15+/m0/s1. The number of H-pyrrole nitrogens is 1. The minimum Gasteiger partial charge on any atom is -0.458 e. The van der Waals surface area contributed by atoms with Gasteiger partial charge in [0.05, 0.1) is 12.8 Å².